The maximum Gasteiger partial charge on any atom is 0.0558 e. The van der Waals surface area contributed by atoms with Crippen molar-refractivity contribution in [2.24, 2.45) is 11.3 Å². The second-order valence-corrected chi connectivity index (χ2v) is 7.08. The van der Waals surface area contributed by atoms with Crippen LogP contribution in [0.25, 0.3) is 0 Å². The highest BCUT2D eigenvalue weighted by atomic mass is 16.3. The van der Waals surface area contributed by atoms with E-state index in [-0.39, 0.29) is 13.2 Å². The van der Waals surface area contributed by atoms with Gasteiger partial charge in [-0.25, -0.2) is 0 Å². The predicted molar refractivity (Wildman–Crippen MR) is 81.7 cm³/mol. The monoisotopic (exact) mass is 284 g/mol. The molecule has 0 amide bonds. The topological polar surface area (TPSA) is 55.7 Å². The van der Waals surface area contributed by atoms with Crippen molar-refractivity contribution in [3.63, 3.8) is 0 Å². The molecule has 0 saturated heterocycles. The van der Waals surface area contributed by atoms with Crippen LogP contribution in [0.1, 0.15) is 45.4 Å². The Bertz CT molecular complexity index is 278. The fraction of sp³-hybridized carbons (Fsp3) is 1.00. The Hall–Kier alpha value is -0.160. The first kappa shape index (κ1) is 16.2. The molecular weight excluding hydrogens is 252 g/mol. The van der Waals surface area contributed by atoms with Crippen LogP contribution < -0.4 is 5.32 Å². The summed E-state index contributed by atoms with van der Waals surface area (Å²) in [6, 6.07) is 0.758. The van der Waals surface area contributed by atoms with E-state index in [4.69, 9.17) is 0 Å². The molecule has 20 heavy (non-hydrogen) atoms. The molecule has 0 bridgehead atoms. The van der Waals surface area contributed by atoms with E-state index in [9.17, 15) is 10.2 Å². The van der Waals surface area contributed by atoms with Gasteiger partial charge in [-0.05, 0) is 37.0 Å². The quantitative estimate of drug-likeness (QED) is 0.596. The summed E-state index contributed by atoms with van der Waals surface area (Å²) in [4.78, 5) is 2.24. The number of hydrogen-bond donors (Lipinski definition) is 3. The maximum atomic E-state index is 9.22. The van der Waals surface area contributed by atoms with Gasteiger partial charge >= 0.3 is 0 Å². The molecule has 4 heteroatoms. The SMILES string of the molecule is CC1CCCC(CNC2CC2)(CN(CCO)CCO)C1. The third-order valence-corrected chi connectivity index (χ3v) is 4.92. The van der Waals surface area contributed by atoms with E-state index < -0.39 is 0 Å². The number of hydrogen-bond acceptors (Lipinski definition) is 4. The Morgan fingerprint density at radius 2 is 1.85 bits per heavy atom. The van der Waals surface area contributed by atoms with Gasteiger partial charge in [0.2, 0.25) is 0 Å². The van der Waals surface area contributed by atoms with Gasteiger partial charge in [-0.15, -0.1) is 0 Å². The molecule has 2 atom stereocenters. The largest absolute Gasteiger partial charge is 0.395 e. The lowest BCUT2D eigenvalue weighted by molar-refractivity contribution is 0.0607. The highest BCUT2D eigenvalue weighted by Gasteiger charge is 2.37. The summed E-state index contributed by atoms with van der Waals surface area (Å²) in [5.74, 6) is 0.801. The number of aliphatic hydroxyl groups is 2. The molecule has 2 unspecified atom stereocenters. The van der Waals surface area contributed by atoms with Crippen LogP contribution in [0.15, 0.2) is 0 Å². The van der Waals surface area contributed by atoms with E-state index in [1.54, 1.807) is 0 Å². The van der Waals surface area contributed by atoms with Crippen LogP contribution in [0.2, 0.25) is 0 Å². The van der Waals surface area contributed by atoms with Gasteiger partial charge in [0, 0.05) is 32.2 Å². The normalized spacial score (nSPS) is 30.9. The van der Waals surface area contributed by atoms with E-state index >= 15 is 0 Å². The van der Waals surface area contributed by atoms with Crippen LogP contribution >= 0.6 is 0 Å². The fourth-order valence-electron chi connectivity index (χ4n) is 3.80. The van der Waals surface area contributed by atoms with Gasteiger partial charge < -0.3 is 15.5 Å². The molecule has 2 fully saturated rings. The van der Waals surface area contributed by atoms with Gasteiger partial charge in [0.25, 0.3) is 0 Å². The molecule has 2 aliphatic carbocycles. The summed E-state index contributed by atoms with van der Waals surface area (Å²) in [5, 5.41) is 22.2. The lowest BCUT2D eigenvalue weighted by Crippen LogP contribution is -2.48. The average Bonchev–Trinajstić information content (AvgIpc) is 3.21. The van der Waals surface area contributed by atoms with Crippen LogP contribution in [0.4, 0.5) is 0 Å². The molecule has 2 saturated carbocycles. The van der Waals surface area contributed by atoms with Crippen molar-refractivity contribution >= 4 is 0 Å². The van der Waals surface area contributed by atoms with Crippen LogP contribution in [0, 0.1) is 11.3 Å². The second kappa shape index (κ2) is 7.74. The molecular formula is C16H32N2O2. The summed E-state index contributed by atoms with van der Waals surface area (Å²) in [7, 11) is 0. The van der Waals surface area contributed by atoms with Gasteiger partial charge in [-0.3, -0.25) is 4.90 Å². The fourth-order valence-corrected chi connectivity index (χ4v) is 3.80. The van der Waals surface area contributed by atoms with Crippen LogP contribution in [-0.2, 0) is 0 Å². The molecule has 0 aromatic rings. The Balaban J connectivity index is 1.95. The van der Waals surface area contributed by atoms with Crippen molar-refractivity contribution in [3.8, 4) is 0 Å². The molecule has 0 aromatic carbocycles. The Labute approximate surface area is 123 Å². The highest BCUT2D eigenvalue weighted by Crippen LogP contribution is 2.40. The predicted octanol–water partition coefficient (Wildman–Crippen LogP) is 1.22. The van der Waals surface area contributed by atoms with Gasteiger partial charge in [0.1, 0.15) is 0 Å². The first-order chi connectivity index (χ1) is 9.67. The highest BCUT2D eigenvalue weighted by molar-refractivity contribution is 4.93. The van der Waals surface area contributed by atoms with Gasteiger partial charge in [-0.1, -0.05) is 19.8 Å². The molecule has 0 heterocycles. The smallest absolute Gasteiger partial charge is 0.0558 e. The van der Waals surface area contributed by atoms with Crippen LogP contribution in [0.3, 0.4) is 0 Å². The first-order valence-corrected chi connectivity index (χ1v) is 8.35. The van der Waals surface area contributed by atoms with Crippen molar-refractivity contribution in [3.05, 3.63) is 0 Å². The van der Waals surface area contributed by atoms with E-state index in [2.05, 4.69) is 17.1 Å². The van der Waals surface area contributed by atoms with Crippen LogP contribution in [-0.4, -0.2) is 60.5 Å². The van der Waals surface area contributed by atoms with Gasteiger partial charge in [0.15, 0.2) is 0 Å². The van der Waals surface area contributed by atoms with Crippen molar-refractivity contribution in [1.82, 2.24) is 10.2 Å². The summed E-state index contributed by atoms with van der Waals surface area (Å²) >= 11 is 0. The van der Waals surface area contributed by atoms with E-state index in [1.807, 2.05) is 0 Å². The minimum absolute atomic E-state index is 0.182. The molecule has 0 aromatic heterocycles. The first-order valence-electron chi connectivity index (χ1n) is 8.35. The van der Waals surface area contributed by atoms with Crippen molar-refractivity contribution in [2.75, 3.05) is 39.4 Å². The lowest BCUT2D eigenvalue weighted by atomic mass is 9.69. The Morgan fingerprint density at radius 3 is 2.40 bits per heavy atom. The molecule has 118 valence electrons. The summed E-state index contributed by atoms with van der Waals surface area (Å²) < 4.78 is 0. The standard InChI is InChI=1S/C16H32N2O2/c1-14-3-2-6-16(11-14,12-17-15-4-5-15)13-18(7-9-19)8-10-20/h14-15,17,19-20H,2-13H2,1H3. The van der Waals surface area contributed by atoms with E-state index in [1.165, 1.54) is 38.5 Å². The lowest BCUT2D eigenvalue weighted by Gasteiger charge is -2.43. The Morgan fingerprint density at radius 1 is 1.15 bits per heavy atom. The molecule has 0 radical (unpaired) electrons. The van der Waals surface area contributed by atoms with E-state index in [0.29, 0.717) is 18.5 Å². The Kier molecular flexibility index (Phi) is 6.27. The summed E-state index contributed by atoms with van der Waals surface area (Å²) in [5.41, 5.74) is 0.338. The number of aliphatic hydroxyl groups excluding tert-OH is 2. The summed E-state index contributed by atoms with van der Waals surface area (Å²) in [6.45, 7) is 6.21. The average molecular weight is 284 g/mol. The zero-order valence-corrected chi connectivity index (χ0v) is 13.0. The van der Waals surface area contributed by atoms with Gasteiger partial charge in [0.05, 0.1) is 13.2 Å². The zero-order chi connectivity index (χ0) is 14.4. The molecule has 3 N–H and O–H groups in total. The van der Waals surface area contributed by atoms with Gasteiger partial charge in [-0.2, -0.15) is 0 Å². The van der Waals surface area contributed by atoms with Crippen LogP contribution in [0.5, 0.6) is 0 Å². The molecule has 2 rings (SSSR count). The minimum atomic E-state index is 0.182. The zero-order valence-electron chi connectivity index (χ0n) is 13.0. The van der Waals surface area contributed by atoms with E-state index in [0.717, 1.165) is 25.0 Å². The third-order valence-electron chi connectivity index (χ3n) is 4.92. The maximum absolute atomic E-state index is 9.22. The number of nitrogens with zero attached hydrogens (tertiary/aromatic N) is 1. The van der Waals surface area contributed by atoms with Crippen molar-refractivity contribution in [1.29, 1.82) is 0 Å². The van der Waals surface area contributed by atoms with Crippen molar-refractivity contribution in [2.45, 2.75) is 51.5 Å². The molecule has 2 aliphatic rings. The molecule has 0 aliphatic heterocycles. The summed E-state index contributed by atoms with van der Waals surface area (Å²) in [6.07, 6.45) is 7.90. The third kappa shape index (κ3) is 4.99. The number of nitrogens with one attached hydrogen (secondary N) is 1. The second-order valence-electron chi connectivity index (χ2n) is 7.08. The molecule has 0 spiro atoms. The minimum Gasteiger partial charge on any atom is -0.395 e. The number of rotatable bonds is 9. The van der Waals surface area contributed by atoms with Crippen molar-refractivity contribution < 1.29 is 10.2 Å². The molecule has 4 nitrogen and oxygen atoms in total.